The number of carbonyl (C=O) groups is 2. The number of carbonyl (C=O) groups excluding carboxylic acids is 2. The molecule has 1 aromatic heterocycles. The van der Waals surface area contributed by atoms with Gasteiger partial charge in [0.2, 0.25) is 0 Å². The van der Waals surface area contributed by atoms with Gasteiger partial charge in [-0.3, -0.25) is 4.79 Å². The summed E-state index contributed by atoms with van der Waals surface area (Å²) in [5, 5.41) is 6.32. The van der Waals surface area contributed by atoms with Crippen LogP contribution in [-0.4, -0.2) is 27.8 Å². The van der Waals surface area contributed by atoms with E-state index in [0.29, 0.717) is 11.4 Å². The van der Waals surface area contributed by atoms with Crippen LogP contribution in [0.2, 0.25) is 5.15 Å². The zero-order valence-corrected chi connectivity index (χ0v) is 16.2. The topological polar surface area (TPSA) is 73.2 Å². The molecule has 0 aliphatic heterocycles. The normalized spacial score (nSPS) is 11.8. The Hall–Kier alpha value is -3.26. The fourth-order valence-corrected chi connectivity index (χ4v) is 2.94. The maximum atomic E-state index is 13.7. The van der Waals surface area contributed by atoms with E-state index in [1.807, 2.05) is 6.07 Å². The quantitative estimate of drug-likeness (QED) is 0.626. The molecule has 0 aliphatic rings. The molecule has 0 spiro atoms. The second kappa shape index (κ2) is 8.40. The van der Waals surface area contributed by atoms with Crippen molar-refractivity contribution in [3.05, 3.63) is 76.6 Å². The van der Waals surface area contributed by atoms with E-state index in [-0.39, 0.29) is 10.7 Å². The summed E-state index contributed by atoms with van der Waals surface area (Å²) in [5.74, 6) is -3.67. The minimum absolute atomic E-state index is 0.00718. The average molecular weight is 420 g/mol. The lowest BCUT2D eigenvalue weighted by Crippen LogP contribution is -2.30. The van der Waals surface area contributed by atoms with E-state index in [2.05, 4.69) is 10.4 Å². The molecule has 29 heavy (non-hydrogen) atoms. The van der Waals surface area contributed by atoms with Gasteiger partial charge in [-0.25, -0.2) is 18.3 Å². The molecule has 0 saturated heterocycles. The molecule has 0 bridgehead atoms. The first-order valence-corrected chi connectivity index (χ1v) is 8.93. The Balaban J connectivity index is 1.76. The zero-order valence-electron chi connectivity index (χ0n) is 15.4. The lowest BCUT2D eigenvalue weighted by molar-refractivity contribution is -0.123. The van der Waals surface area contributed by atoms with Crippen LogP contribution in [0.1, 0.15) is 23.0 Å². The molecule has 0 saturated carbocycles. The number of hydrogen-bond donors (Lipinski definition) is 1. The number of para-hydroxylation sites is 2. The van der Waals surface area contributed by atoms with Gasteiger partial charge in [0.05, 0.1) is 11.4 Å². The van der Waals surface area contributed by atoms with Gasteiger partial charge in [-0.1, -0.05) is 35.9 Å². The Morgan fingerprint density at radius 3 is 2.34 bits per heavy atom. The van der Waals surface area contributed by atoms with Crippen LogP contribution in [0.3, 0.4) is 0 Å². The Labute approximate surface area is 170 Å². The molecule has 1 amide bonds. The van der Waals surface area contributed by atoms with Crippen LogP contribution in [0.15, 0.2) is 48.5 Å². The van der Waals surface area contributed by atoms with Crippen LogP contribution in [-0.2, 0) is 9.53 Å². The fraction of sp³-hybridized carbons (Fsp3) is 0.150. The van der Waals surface area contributed by atoms with Crippen LogP contribution in [0.4, 0.5) is 14.5 Å². The molecule has 3 rings (SSSR count). The molecule has 1 N–H and O–H groups in total. The van der Waals surface area contributed by atoms with Gasteiger partial charge in [-0.15, -0.1) is 0 Å². The number of aromatic nitrogens is 2. The number of ether oxygens (including phenoxy) is 1. The Bertz CT molecular complexity index is 1050. The predicted octanol–water partition coefficient (Wildman–Crippen LogP) is 4.30. The first-order valence-electron chi connectivity index (χ1n) is 8.56. The highest BCUT2D eigenvalue weighted by Gasteiger charge is 2.27. The number of esters is 1. The summed E-state index contributed by atoms with van der Waals surface area (Å²) in [4.78, 5) is 24.7. The summed E-state index contributed by atoms with van der Waals surface area (Å²) in [6.45, 7) is 2.85. The van der Waals surface area contributed by atoms with Crippen LogP contribution < -0.4 is 5.32 Å². The molecule has 0 fully saturated rings. The first-order chi connectivity index (χ1) is 13.8. The van der Waals surface area contributed by atoms with E-state index >= 15 is 0 Å². The number of amides is 1. The minimum Gasteiger partial charge on any atom is -0.449 e. The smallest absolute Gasteiger partial charge is 0.344 e. The van der Waals surface area contributed by atoms with Crippen molar-refractivity contribution in [1.29, 1.82) is 0 Å². The summed E-state index contributed by atoms with van der Waals surface area (Å²) in [6.07, 6.45) is -1.34. The predicted molar refractivity (Wildman–Crippen MR) is 103 cm³/mol. The minimum atomic E-state index is -1.34. The number of halogens is 3. The molecule has 1 unspecified atom stereocenters. The second-order valence-electron chi connectivity index (χ2n) is 6.13. The number of hydrogen-bond acceptors (Lipinski definition) is 4. The monoisotopic (exact) mass is 419 g/mol. The Kier molecular flexibility index (Phi) is 5.93. The van der Waals surface area contributed by atoms with Crippen molar-refractivity contribution < 1.29 is 23.1 Å². The SMILES string of the molecule is Cc1nn(-c2ccccc2)c(Cl)c1C(=O)OC(C)C(=O)Nc1c(F)cccc1F. The van der Waals surface area contributed by atoms with Gasteiger partial charge in [0.15, 0.2) is 6.10 Å². The van der Waals surface area contributed by atoms with E-state index < -0.39 is 35.3 Å². The Morgan fingerprint density at radius 2 is 1.72 bits per heavy atom. The van der Waals surface area contributed by atoms with Crippen LogP contribution in [0, 0.1) is 18.6 Å². The van der Waals surface area contributed by atoms with Crippen molar-refractivity contribution in [2.45, 2.75) is 20.0 Å². The molecule has 1 heterocycles. The highest BCUT2D eigenvalue weighted by atomic mass is 35.5. The van der Waals surface area contributed by atoms with Crippen molar-refractivity contribution in [2.24, 2.45) is 0 Å². The maximum absolute atomic E-state index is 13.7. The van der Waals surface area contributed by atoms with Crippen LogP contribution in [0.5, 0.6) is 0 Å². The van der Waals surface area contributed by atoms with Crippen molar-refractivity contribution >= 4 is 29.2 Å². The molecule has 1 atom stereocenters. The number of nitrogens with zero attached hydrogens (tertiary/aromatic N) is 2. The first kappa shape index (κ1) is 20.5. The molecule has 0 aliphatic carbocycles. The maximum Gasteiger partial charge on any atom is 0.344 e. The van der Waals surface area contributed by atoms with Crippen molar-refractivity contribution in [3.8, 4) is 5.69 Å². The van der Waals surface area contributed by atoms with E-state index in [1.54, 1.807) is 31.2 Å². The van der Waals surface area contributed by atoms with E-state index in [4.69, 9.17) is 16.3 Å². The molecule has 2 aromatic carbocycles. The van der Waals surface area contributed by atoms with Crippen molar-refractivity contribution in [1.82, 2.24) is 9.78 Å². The van der Waals surface area contributed by atoms with Gasteiger partial charge in [0.1, 0.15) is 28.0 Å². The number of anilines is 1. The standard InChI is InChI=1S/C20H16ClF2N3O3/c1-11-16(18(21)26(25-11)13-7-4-3-5-8-13)20(28)29-12(2)19(27)24-17-14(22)9-6-10-15(17)23/h3-10,12H,1-2H3,(H,24,27). The summed E-state index contributed by atoms with van der Waals surface area (Å²) < 4.78 is 33.9. The Morgan fingerprint density at radius 1 is 1.10 bits per heavy atom. The molecule has 3 aromatic rings. The largest absolute Gasteiger partial charge is 0.449 e. The molecule has 0 radical (unpaired) electrons. The third kappa shape index (κ3) is 4.27. The lowest BCUT2D eigenvalue weighted by Gasteiger charge is -2.14. The number of benzene rings is 2. The molecule has 150 valence electrons. The highest BCUT2D eigenvalue weighted by Crippen LogP contribution is 2.25. The fourth-order valence-electron chi connectivity index (χ4n) is 2.59. The molecular weight excluding hydrogens is 404 g/mol. The molecule has 6 nitrogen and oxygen atoms in total. The zero-order chi connectivity index (χ0) is 21.1. The number of rotatable bonds is 5. The highest BCUT2D eigenvalue weighted by molar-refractivity contribution is 6.33. The van der Waals surface area contributed by atoms with Crippen LogP contribution >= 0.6 is 11.6 Å². The van der Waals surface area contributed by atoms with Gasteiger partial charge in [0.25, 0.3) is 5.91 Å². The number of nitrogens with one attached hydrogen (secondary N) is 1. The lowest BCUT2D eigenvalue weighted by atomic mass is 10.2. The van der Waals surface area contributed by atoms with Gasteiger partial charge >= 0.3 is 5.97 Å². The van der Waals surface area contributed by atoms with Crippen LogP contribution in [0.25, 0.3) is 5.69 Å². The molecule has 9 heteroatoms. The third-order valence-electron chi connectivity index (χ3n) is 4.07. The molecular formula is C20H16ClF2N3O3. The van der Waals surface area contributed by atoms with E-state index in [9.17, 15) is 18.4 Å². The van der Waals surface area contributed by atoms with Gasteiger partial charge in [-0.2, -0.15) is 5.10 Å². The average Bonchev–Trinajstić information content (AvgIpc) is 2.99. The van der Waals surface area contributed by atoms with E-state index in [0.717, 1.165) is 12.1 Å². The summed E-state index contributed by atoms with van der Waals surface area (Å²) in [5.41, 5.74) is 0.316. The summed E-state index contributed by atoms with van der Waals surface area (Å²) in [7, 11) is 0. The van der Waals surface area contributed by atoms with Gasteiger partial charge in [0, 0.05) is 0 Å². The second-order valence-corrected chi connectivity index (χ2v) is 6.49. The van der Waals surface area contributed by atoms with Crippen molar-refractivity contribution in [3.63, 3.8) is 0 Å². The van der Waals surface area contributed by atoms with E-state index in [1.165, 1.54) is 17.7 Å². The summed E-state index contributed by atoms with van der Waals surface area (Å²) >= 11 is 6.29. The van der Waals surface area contributed by atoms with Gasteiger partial charge in [-0.05, 0) is 38.1 Å². The number of aryl methyl sites for hydroxylation is 1. The van der Waals surface area contributed by atoms with Gasteiger partial charge < -0.3 is 10.1 Å². The third-order valence-corrected chi connectivity index (χ3v) is 4.42. The summed E-state index contributed by atoms with van der Waals surface area (Å²) in [6, 6.07) is 12.1. The van der Waals surface area contributed by atoms with Crippen molar-refractivity contribution in [2.75, 3.05) is 5.32 Å².